The Labute approximate surface area is 124 Å². The molecule has 3 N–H and O–H groups in total. The summed E-state index contributed by atoms with van der Waals surface area (Å²) in [4.78, 5) is 0. The first-order valence-electron chi connectivity index (χ1n) is 6.27. The molecule has 2 rings (SSSR count). The minimum atomic E-state index is -3.56. The number of hydrogen-bond donors (Lipinski definition) is 2. The highest BCUT2D eigenvalue weighted by molar-refractivity contribution is 7.89. The van der Waals surface area contributed by atoms with Crippen LogP contribution in [0.3, 0.4) is 0 Å². The molecule has 0 unspecified atom stereocenters. The fourth-order valence-corrected chi connectivity index (χ4v) is 2.85. The highest BCUT2D eigenvalue weighted by Crippen LogP contribution is 2.14. The lowest BCUT2D eigenvalue weighted by Crippen LogP contribution is -2.26. The summed E-state index contributed by atoms with van der Waals surface area (Å²) in [5.41, 5.74) is 7.00. The lowest BCUT2D eigenvalue weighted by molar-refractivity contribution is 0.463. The Morgan fingerprint density at radius 3 is 2.86 bits per heavy atom. The maximum absolute atomic E-state index is 12.3. The average molecular weight is 304 g/mol. The molecule has 0 aliphatic rings. The third-order valence-corrected chi connectivity index (χ3v) is 4.56. The normalized spacial score (nSPS) is 11.2. The van der Waals surface area contributed by atoms with Crippen LogP contribution in [0.4, 0.5) is 0 Å². The minimum Gasteiger partial charge on any atom is -0.320 e. The van der Waals surface area contributed by atoms with E-state index in [1.807, 2.05) is 24.3 Å². The number of sulfonamides is 1. The largest absolute Gasteiger partial charge is 0.320 e. The Balaban J connectivity index is 2.18. The number of benzene rings is 1. The fourth-order valence-electron chi connectivity index (χ4n) is 1.80. The van der Waals surface area contributed by atoms with Crippen LogP contribution in [-0.2, 0) is 16.6 Å². The van der Waals surface area contributed by atoms with Gasteiger partial charge in [0.05, 0.1) is 12.7 Å². The number of rotatable bonds is 4. The molecule has 110 valence electrons. The van der Waals surface area contributed by atoms with Crippen molar-refractivity contribution in [3.8, 4) is 11.8 Å². The Morgan fingerprint density at radius 2 is 2.19 bits per heavy atom. The van der Waals surface area contributed by atoms with Crippen LogP contribution >= 0.6 is 0 Å². The van der Waals surface area contributed by atoms with Crippen molar-refractivity contribution >= 4 is 10.0 Å². The van der Waals surface area contributed by atoms with Crippen LogP contribution < -0.4 is 5.73 Å². The van der Waals surface area contributed by atoms with Gasteiger partial charge in [-0.05, 0) is 23.8 Å². The molecule has 6 nitrogen and oxygen atoms in total. The highest BCUT2D eigenvalue weighted by atomic mass is 32.2. The van der Waals surface area contributed by atoms with E-state index in [2.05, 4.69) is 22.0 Å². The van der Waals surface area contributed by atoms with Crippen molar-refractivity contribution in [2.45, 2.75) is 11.6 Å². The highest BCUT2D eigenvalue weighted by Gasteiger charge is 2.22. The molecule has 0 saturated heterocycles. The number of aromatic amines is 1. The second-order valence-electron chi connectivity index (χ2n) is 4.39. The fraction of sp³-hybridized carbons (Fsp3) is 0.214. The van der Waals surface area contributed by atoms with Gasteiger partial charge in [-0.2, -0.15) is 9.40 Å². The maximum Gasteiger partial charge on any atom is 0.260 e. The van der Waals surface area contributed by atoms with Crippen molar-refractivity contribution in [3.05, 3.63) is 47.7 Å². The van der Waals surface area contributed by atoms with E-state index in [9.17, 15) is 8.42 Å². The summed E-state index contributed by atoms with van der Waals surface area (Å²) in [6, 6.07) is 8.82. The molecule has 0 spiro atoms. The molecule has 1 aromatic carbocycles. The van der Waals surface area contributed by atoms with E-state index >= 15 is 0 Å². The predicted molar refractivity (Wildman–Crippen MR) is 79.6 cm³/mol. The molecule has 0 saturated carbocycles. The van der Waals surface area contributed by atoms with Crippen LogP contribution in [0, 0.1) is 11.8 Å². The van der Waals surface area contributed by atoms with Gasteiger partial charge in [0, 0.05) is 19.2 Å². The third kappa shape index (κ3) is 3.70. The van der Waals surface area contributed by atoms with Crippen molar-refractivity contribution in [1.82, 2.24) is 14.5 Å². The van der Waals surface area contributed by atoms with Gasteiger partial charge in [0.2, 0.25) is 0 Å². The van der Waals surface area contributed by atoms with Crippen molar-refractivity contribution in [2.75, 3.05) is 13.6 Å². The number of nitrogens with one attached hydrogen (secondary N) is 1. The van der Waals surface area contributed by atoms with E-state index in [-0.39, 0.29) is 11.6 Å². The van der Waals surface area contributed by atoms with Crippen LogP contribution in [0.2, 0.25) is 0 Å². The van der Waals surface area contributed by atoms with E-state index in [4.69, 9.17) is 5.73 Å². The van der Waals surface area contributed by atoms with Crippen LogP contribution in [-0.4, -0.2) is 36.5 Å². The second-order valence-corrected chi connectivity index (χ2v) is 6.40. The summed E-state index contributed by atoms with van der Waals surface area (Å²) >= 11 is 0. The van der Waals surface area contributed by atoms with Gasteiger partial charge in [-0.3, -0.25) is 5.10 Å². The molecular formula is C14H16N4O2S. The summed E-state index contributed by atoms with van der Waals surface area (Å²) in [6.45, 7) is 0.540. The molecule has 1 heterocycles. The topological polar surface area (TPSA) is 92.1 Å². The van der Waals surface area contributed by atoms with Crippen molar-refractivity contribution in [2.24, 2.45) is 5.73 Å². The molecule has 0 atom stereocenters. The van der Waals surface area contributed by atoms with Crippen molar-refractivity contribution in [3.63, 3.8) is 0 Å². The van der Waals surface area contributed by atoms with Crippen molar-refractivity contribution in [1.29, 1.82) is 0 Å². The number of nitrogens with zero attached hydrogens (tertiary/aromatic N) is 2. The van der Waals surface area contributed by atoms with E-state index < -0.39 is 10.0 Å². The third-order valence-electron chi connectivity index (χ3n) is 2.83. The molecule has 7 heteroatoms. The summed E-state index contributed by atoms with van der Waals surface area (Å²) in [6.07, 6.45) is 1.41. The molecule has 0 aliphatic carbocycles. The molecule has 0 amide bonds. The lowest BCUT2D eigenvalue weighted by atomic mass is 10.1. The van der Waals surface area contributed by atoms with E-state index in [1.165, 1.54) is 23.6 Å². The predicted octanol–water partition coefficient (Wildman–Crippen LogP) is 0.541. The standard InChI is InChI=1S/C14H16N4O2S/c1-18(21(19,20)14-7-9-16-17-14)11-13-5-2-4-12(10-13)6-3-8-15/h2,4-5,7,9-10H,8,11,15H2,1H3,(H,16,17). The molecule has 0 fully saturated rings. The molecule has 1 aromatic heterocycles. The molecule has 2 aromatic rings. The molecule has 0 radical (unpaired) electrons. The SMILES string of the molecule is CN(Cc1cccc(C#CCN)c1)S(=O)(=O)c1ccn[nH]1. The first-order chi connectivity index (χ1) is 10.0. The Morgan fingerprint density at radius 1 is 1.38 bits per heavy atom. The van der Waals surface area contributed by atoms with Gasteiger partial charge in [-0.25, -0.2) is 8.42 Å². The van der Waals surface area contributed by atoms with Gasteiger partial charge in [0.25, 0.3) is 10.0 Å². The summed E-state index contributed by atoms with van der Waals surface area (Å²) in [5, 5.41) is 6.21. The first-order valence-corrected chi connectivity index (χ1v) is 7.71. The van der Waals surface area contributed by atoms with Gasteiger partial charge < -0.3 is 5.73 Å². The lowest BCUT2D eigenvalue weighted by Gasteiger charge is -2.16. The first kappa shape index (κ1) is 15.3. The zero-order chi connectivity index (χ0) is 15.3. The van der Waals surface area contributed by atoms with Gasteiger partial charge in [-0.15, -0.1) is 0 Å². The van der Waals surface area contributed by atoms with Gasteiger partial charge in [0.1, 0.15) is 0 Å². The van der Waals surface area contributed by atoms with Gasteiger partial charge >= 0.3 is 0 Å². The molecule has 0 aliphatic heterocycles. The monoisotopic (exact) mass is 304 g/mol. The Bertz CT molecular complexity index is 758. The van der Waals surface area contributed by atoms with Crippen LogP contribution in [0.1, 0.15) is 11.1 Å². The molecule has 0 bridgehead atoms. The van der Waals surface area contributed by atoms with Crippen LogP contribution in [0.15, 0.2) is 41.6 Å². The van der Waals surface area contributed by atoms with Crippen molar-refractivity contribution < 1.29 is 8.42 Å². The molecular weight excluding hydrogens is 288 g/mol. The van der Waals surface area contributed by atoms with Gasteiger partial charge in [0.15, 0.2) is 5.03 Å². The van der Waals surface area contributed by atoms with Crippen LogP contribution in [0.5, 0.6) is 0 Å². The maximum atomic E-state index is 12.3. The number of aromatic nitrogens is 2. The van der Waals surface area contributed by atoms with E-state index in [1.54, 1.807) is 0 Å². The minimum absolute atomic E-state index is 0.0732. The zero-order valence-corrected chi connectivity index (χ0v) is 12.4. The number of nitrogens with two attached hydrogens (primary N) is 1. The van der Waals surface area contributed by atoms with E-state index in [0.29, 0.717) is 6.54 Å². The summed E-state index contributed by atoms with van der Waals surface area (Å²) in [7, 11) is -2.04. The Hall–Kier alpha value is -2.14. The summed E-state index contributed by atoms with van der Waals surface area (Å²) < 4.78 is 25.8. The molecule has 21 heavy (non-hydrogen) atoms. The quantitative estimate of drug-likeness (QED) is 0.806. The van der Waals surface area contributed by atoms with E-state index in [0.717, 1.165) is 11.1 Å². The smallest absolute Gasteiger partial charge is 0.260 e. The number of hydrogen-bond acceptors (Lipinski definition) is 4. The Kier molecular flexibility index (Phi) is 4.75. The van der Waals surface area contributed by atoms with Crippen LogP contribution in [0.25, 0.3) is 0 Å². The second kappa shape index (κ2) is 6.54. The number of H-pyrrole nitrogens is 1. The summed E-state index contributed by atoms with van der Waals surface area (Å²) in [5.74, 6) is 5.70. The van der Waals surface area contributed by atoms with Gasteiger partial charge in [-0.1, -0.05) is 24.0 Å². The average Bonchev–Trinajstić information content (AvgIpc) is 3.00. The zero-order valence-electron chi connectivity index (χ0n) is 11.6.